The average molecular weight is 297 g/mol. The lowest BCUT2D eigenvalue weighted by molar-refractivity contribution is -0.0226. The van der Waals surface area contributed by atoms with Crippen LogP contribution in [-0.4, -0.2) is 5.11 Å². The minimum absolute atomic E-state index is 0.585. The molecule has 2 heteroatoms. The zero-order valence-corrected chi connectivity index (χ0v) is 12.0. The third-order valence-electron chi connectivity index (χ3n) is 3.91. The Morgan fingerprint density at radius 2 is 2.06 bits per heavy atom. The number of benzene rings is 1. The van der Waals surface area contributed by atoms with Gasteiger partial charge in [0, 0.05) is 4.47 Å². The van der Waals surface area contributed by atoms with Gasteiger partial charge in [0.05, 0.1) is 5.60 Å². The van der Waals surface area contributed by atoms with Gasteiger partial charge in [-0.05, 0) is 42.9 Å². The standard InChI is InChI=1S/C15H21BrO/c1-2-4-12-5-3-10-15(17,11-12)13-6-8-14(16)9-7-13/h6-9,12,17H,2-5,10-11H2,1H3/t12-,15-/m0/s1. The molecule has 1 N–H and O–H groups in total. The summed E-state index contributed by atoms with van der Waals surface area (Å²) in [6, 6.07) is 8.16. The summed E-state index contributed by atoms with van der Waals surface area (Å²) in [7, 11) is 0. The van der Waals surface area contributed by atoms with Crippen LogP contribution >= 0.6 is 15.9 Å². The number of hydrogen-bond acceptors (Lipinski definition) is 1. The second kappa shape index (κ2) is 5.53. The summed E-state index contributed by atoms with van der Waals surface area (Å²) >= 11 is 3.44. The minimum atomic E-state index is -0.585. The maximum Gasteiger partial charge on any atom is 0.0899 e. The van der Waals surface area contributed by atoms with Gasteiger partial charge < -0.3 is 5.11 Å². The minimum Gasteiger partial charge on any atom is -0.385 e. The second-order valence-corrected chi connectivity index (χ2v) is 6.21. The Bertz CT molecular complexity index is 358. The van der Waals surface area contributed by atoms with Gasteiger partial charge in [0.15, 0.2) is 0 Å². The van der Waals surface area contributed by atoms with Gasteiger partial charge in [-0.1, -0.05) is 54.2 Å². The van der Waals surface area contributed by atoms with Crippen molar-refractivity contribution in [3.8, 4) is 0 Å². The molecule has 0 spiro atoms. The first-order chi connectivity index (χ1) is 8.14. The molecule has 1 fully saturated rings. The van der Waals surface area contributed by atoms with Gasteiger partial charge in [-0.3, -0.25) is 0 Å². The van der Waals surface area contributed by atoms with Crippen LogP contribution in [0.15, 0.2) is 28.7 Å². The van der Waals surface area contributed by atoms with Crippen LogP contribution in [0.3, 0.4) is 0 Å². The third kappa shape index (κ3) is 3.11. The monoisotopic (exact) mass is 296 g/mol. The van der Waals surface area contributed by atoms with Crippen LogP contribution in [0.5, 0.6) is 0 Å². The van der Waals surface area contributed by atoms with Gasteiger partial charge in [-0.15, -0.1) is 0 Å². The van der Waals surface area contributed by atoms with Crippen LogP contribution in [0.1, 0.15) is 51.0 Å². The van der Waals surface area contributed by atoms with E-state index in [0.717, 1.165) is 29.3 Å². The Morgan fingerprint density at radius 1 is 1.35 bits per heavy atom. The molecule has 0 saturated heterocycles. The lowest BCUT2D eigenvalue weighted by Gasteiger charge is -2.37. The lowest BCUT2D eigenvalue weighted by Crippen LogP contribution is -2.32. The molecule has 0 heterocycles. The molecule has 1 aromatic rings. The maximum absolute atomic E-state index is 10.8. The quantitative estimate of drug-likeness (QED) is 0.862. The van der Waals surface area contributed by atoms with Gasteiger partial charge in [-0.25, -0.2) is 0 Å². The summed E-state index contributed by atoms with van der Waals surface area (Å²) in [5, 5.41) is 10.8. The first-order valence-electron chi connectivity index (χ1n) is 6.62. The van der Waals surface area contributed by atoms with Crippen molar-refractivity contribution in [2.45, 2.75) is 51.0 Å². The predicted octanol–water partition coefficient (Wildman–Crippen LogP) is 4.63. The van der Waals surface area contributed by atoms with Crippen LogP contribution in [-0.2, 0) is 5.60 Å². The highest BCUT2D eigenvalue weighted by Crippen LogP contribution is 2.41. The summed E-state index contributed by atoms with van der Waals surface area (Å²) in [5.41, 5.74) is 0.500. The van der Waals surface area contributed by atoms with E-state index in [2.05, 4.69) is 35.0 Å². The van der Waals surface area contributed by atoms with Crippen LogP contribution in [0.4, 0.5) is 0 Å². The van der Waals surface area contributed by atoms with E-state index in [9.17, 15) is 5.11 Å². The highest BCUT2D eigenvalue weighted by atomic mass is 79.9. The Balaban J connectivity index is 2.14. The van der Waals surface area contributed by atoms with Gasteiger partial charge in [0.2, 0.25) is 0 Å². The topological polar surface area (TPSA) is 20.2 Å². The van der Waals surface area contributed by atoms with Crippen molar-refractivity contribution in [2.24, 2.45) is 5.92 Å². The number of aliphatic hydroxyl groups is 1. The van der Waals surface area contributed by atoms with Crippen LogP contribution in [0.2, 0.25) is 0 Å². The SMILES string of the molecule is CCC[C@H]1CCC[C@@](O)(c2ccc(Br)cc2)C1. The van der Waals surface area contributed by atoms with E-state index in [4.69, 9.17) is 0 Å². The zero-order valence-electron chi connectivity index (χ0n) is 10.5. The summed E-state index contributed by atoms with van der Waals surface area (Å²) < 4.78 is 1.07. The highest BCUT2D eigenvalue weighted by molar-refractivity contribution is 9.10. The molecule has 0 unspecified atom stereocenters. The Labute approximate surface area is 112 Å². The van der Waals surface area contributed by atoms with Crippen molar-refractivity contribution in [3.63, 3.8) is 0 Å². The van der Waals surface area contributed by atoms with E-state index < -0.39 is 5.60 Å². The molecule has 1 aromatic carbocycles. The average Bonchev–Trinajstić information content (AvgIpc) is 2.30. The summed E-state index contributed by atoms with van der Waals surface area (Å²) in [5.74, 6) is 0.697. The molecule has 0 aliphatic heterocycles. The maximum atomic E-state index is 10.8. The Morgan fingerprint density at radius 3 is 2.71 bits per heavy atom. The molecule has 1 aliphatic rings. The molecule has 0 bridgehead atoms. The number of halogens is 1. The van der Waals surface area contributed by atoms with E-state index in [0.29, 0.717) is 5.92 Å². The van der Waals surface area contributed by atoms with Crippen molar-refractivity contribution in [2.75, 3.05) is 0 Å². The van der Waals surface area contributed by atoms with E-state index in [1.807, 2.05) is 12.1 Å². The van der Waals surface area contributed by atoms with Crippen molar-refractivity contribution >= 4 is 15.9 Å². The van der Waals surface area contributed by atoms with E-state index in [1.165, 1.54) is 19.3 Å². The van der Waals surface area contributed by atoms with Crippen molar-refractivity contribution in [3.05, 3.63) is 34.3 Å². The van der Waals surface area contributed by atoms with Crippen molar-refractivity contribution in [1.82, 2.24) is 0 Å². The molecule has 1 nitrogen and oxygen atoms in total. The fraction of sp³-hybridized carbons (Fsp3) is 0.600. The van der Waals surface area contributed by atoms with Crippen molar-refractivity contribution < 1.29 is 5.11 Å². The van der Waals surface area contributed by atoms with Crippen LogP contribution in [0.25, 0.3) is 0 Å². The third-order valence-corrected chi connectivity index (χ3v) is 4.44. The molecule has 2 atom stereocenters. The second-order valence-electron chi connectivity index (χ2n) is 5.29. The van der Waals surface area contributed by atoms with Gasteiger partial charge in [0.1, 0.15) is 0 Å². The first-order valence-corrected chi connectivity index (χ1v) is 7.42. The first kappa shape index (κ1) is 13.1. The van der Waals surface area contributed by atoms with Gasteiger partial charge in [0.25, 0.3) is 0 Å². The zero-order chi connectivity index (χ0) is 12.3. The predicted molar refractivity (Wildman–Crippen MR) is 74.9 cm³/mol. The number of rotatable bonds is 3. The van der Waals surface area contributed by atoms with E-state index in [1.54, 1.807) is 0 Å². The van der Waals surface area contributed by atoms with Gasteiger partial charge >= 0.3 is 0 Å². The molecule has 2 rings (SSSR count). The molecular formula is C15H21BrO. The Kier molecular flexibility index (Phi) is 4.26. The molecule has 1 saturated carbocycles. The smallest absolute Gasteiger partial charge is 0.0899 e. The Hall–Kier alpha value is -0.340. The fourth-order valence-corrected chi connectivity index (χ4v) is 3.31. The fourth-order valence-electron chi connectivity index (χ4n) is 3.04. The molecule has 17 heavy (non-hydrogen) atoms. The molecule has 94 valence electrons. The molecule has 0 radical (unpaired) electrons. The summed E-state index contributed by atoms with van der Waals surface area (Å²) in [4.78, 5) is 0. The molecule has 0 aromatic heterocycles. The van der Waals surface area contributed by atoms with Crippen LogP contribution < -0.4 is 0 Å². The largest absolute Gasteiger partial charge is 0.385 e. The van der Waals surface area contributed by atoms with Crippen LogP contribution in [0, 0.1) is 5.92 Å². The van der Waals surface area contributed by atoms with Crippen molar-refractivity contribution in [1.29, 1.82) is 0 Å². The number of hydrogen-bond donors (Lipinski definition) is 1. The summed E-state index contributed by atoms with van der Waals surface area (Å²) in [6.45, 7) is 2.23. The molecule has 1 aliphatic carbocycles. The molecule has 0 amide bonds. The summed E-state index contributed by atoms with van der Waals surface area (Å²) in [6.07, 6.45) is 6.75. The lowest BCUT2D eigenvalue weighted by atomic mass is 9.73. The highest BCUT2D eigenvalue weighted by Gasteiger charge is 2.35. The van der Waals surface area contributed by atoms with E-state index >= 15 is 0 Å². The normalized spacial score (nSPS) is 29.2. The van der Waals surface area contributed by atoms with Gasteiger partial charge in [-0.2, -0.15) is 0 Å². The van der Waals surface area contributed by atoms with E-state index in [-0.39, 0.29) is 0 Å². The molecular weight excluding hydrogens is 276 g/mol.